The Bertz CT molecular complexity index is 2790. The largest absolute Gasteiger partial charge is 0.478 e. The summed E-state index contributed by atoms with van der Waals surface area (Å²) in [5, 5.41) is 43.4. The van der Waals surface area contributed by atoms with Gasteiger partial charge in [-0.25, -0.2) is 19.2 Å². The Labute approximate surface area is 753 Å². The molecule has 0 aliphatic carbocycles. The Morgan fingerprint density at radius 1 is 0.214 bits per heavy atom. The van der Waals surface area contributed by atoms with Crippen molar-refractivity contribution < 1.29 is 124 Å². The SMILES string of the molecule is CC[PH+](CC)CC.CC[PH+](CC)CC.CC[PH+](CC)CC.CC[PH+](CC)CC.CC[PH+](CC)CC.CC[PH+](CC)CC.CC[PH+](CC)CC.CC[PH+](CC)CC.O=C(O)c1ccc(C(=O)O)cc1.O=C(O)c1ccc(C(=O)O)cc1.[Pt].[Pt].[Pt].[Pt].[c-]1cccc2cc3ccc[c-]c3cc12.[c-]1cccc2cc3ccc[c-]c3cc12. The minimum atomic E-state index is -1.06. The van der Waals surface area contributed by atoms with Gasteiger partial charge in [0.15, 0.2) is 0 Å². The molecule has 8 aromatic rings. The summed E-state index contributed by atoms with van der Waals surface area (Å²) in [7, 11) is 1.10. The zero-order valence-corrected chi connectivity index (χ0v) is 90.6. The number of carboxylic acid groups (broad SMARTS) is 4. The van der Waals surface area contributed by atoms with Crippen LogP contribution in [0.5, 0.6) is 0 Å². The molecule has 0 saturated carbocycles. The van der Waals surface area contributed by atoms with E-state index in [0.29, 0.717) is 0 Å². The normalized spacial score (nSPS) is 9.86. The third kappa shape index (κ3) is 62.1. The molecule has 8 rings (SSSR count). The first-order valence-corrected chi connectivity index (χ1v) is 58.1. The standard InChI is InChI=1S/2C14H8.2C8H6O4.8C6H15P.4Pt/c2*1-2-6-12-10-14-8-4-3-7-13(14)9-11(12)5-1;2*9-7(10)5-1-2-6(4-3-5)8(11)12;8*1-4-7(5-2)6-3;;;;/h2*1-5,7,9-10H;2*1-4H,(H,9,10)(H,11,12);8*4-6H2,1-3H3;;;;/q2*-2;;;;;;;;;;;;;;/p+8. The van der Waals surface area contributed by atoms with E-state index in [-0.39, 0.29) is 170 Å². The molecule has 0 unspecified atom stereocenters. The van der Waals surface area contributed by atoms with E-state index in [1.54, 1.807) is 0 Å². The van der Waals surface area contributed by atoms with Crippen molar-refractivity contribution in [3.63, 3.8) is 0 Å². The van der Waals surface area contributed by atoms with Crippen LogP contribution in [-0.4, -0.2) is 192 Å². The van der Waals surface area contributed by atoms with E-state index in [4.69, 9.17) is 20.4 Å². The van der Waals surface area contributed by atoms with Crippen LogP contribution in [0.4, 0.5) is 0 Å². The number of carboxylic acids is 4. The van der Waals surface area contributed by atoms with E-state index in [1.165, 1.54) is 218 Å². The molecule has 4 N–H and O–H groups in total. The van der Waals surface area contributed by atoms with Crippen molar-refractivity contribution in [2.24, 2.45) is 0 Å². The van der Waals surface area contributed by atoms with Crippen LogP contribution in [0.3, 0.4) is 0 Å². The summed E-state index contributed by atoms with van der Waals surface area (Å²) in [6.45, 7) is 55.4. The fraction of sp³-hybridized carbons (Fsp3) is 0.522. The average Bonchev–Trinajstić information content (AvgIpc) is 0.816. The molecule has 0 aliphatic rings. The second-order valence-corrected chi connectivity index (χ2v) is 54.6. The first-order chi connectivity index (χ1) is 51.9. The molecular weight excluding hydrogens is 2260 g/mol. The predicted octanol–water partition coefficient (Wildman–Crippen LogP) is 27.4. The molecule has 0 radical (unpaired) electrons. The third-order valence-electron chi connectivity index (χ3n) is 19.6. The Morgan fingerprint density at radius 3 is 0.420 bits per heavy atom. The Kier molecular flexibility index (Phi) is 97.4. The van der Waals surface area contributed by atoms with Gasteiger partial charge in [-0.3, -0.25) is 0 Å². The van der Waals surface area contributed by atoms with Gasteiger partial charge >= 0.3 is 23.9 Å². The van der Waals surface area contributed by atoms with E-state index in [2.05, 4.69) is 239 Å². The van der Waals surface area contributed by atoms with Gasteiger partial charge < -0.3 is 20.4 Å². The molecular formula is C92H156O8P8Pt4+4. The molecule has 0 atom stereocenters. The number of hydrogen-bond acceptors (Lipinski definition) is 4. The van der Waals surface area contributed by atoms with Crippen LogP contribution in [-0.2, 0) is 84.3 Å². The molecule has 0 bridgehead atoms. The van der Waals surface area contributed by atoms with Crippen molar-refractivity contribution >= 4 is 130 Å². The third-order valence-corrected chi connectivity index (χ3v) is 43.6. The van der Waals surface area contributed by atoms with Crippen LogP contribution < -0.4 is 0 Å². The summed E-state index contributed by atoms with van der Waals surface area (Å²) in [5.41, 5.74) is 0.333. The van der Waals surface area contributed by atoms with Crippen LogP contribution in [0.2, 0.25) is 0 Å². The Balaban J connectivity index is -0.000000177. The van der Waals surface area contributed by atoms with E-state index < -0.39 is 23.9 Å². The smallest absolute Gasteiger partial charge is 0.335 e. The second-order valence-electron chi connectivity index (χ2n) is 25.6. The van der Waals surface area contributed by atoms with Gasteiger partial charge in [0, 0.05) is 84.3 Å². The van der Waals surface area contributed by atoms with Crippen molar-refractivity contribution in [2.45, 2.75) is 166 Å². The van der Waals surface area contributed by atoms with Crippen molar-refractivity contribution in [3.8, 4) is 0 Å². The van der Waals surface area contributed by atoms with Crippen LogP contribution >= 0.6 is 63.4 Å². The quantitative estimate of drug-likeness (QED) is 0.0215. The summed E-state index contributed by atoms with van der Waals surface area (Å²) in [5.74, 6) is -4.25. The number of aromatic carboxylic acids is 4. The Morgan fingerprint density at radius 2 is 0.330 bits per heavy atom. The van der Waals surface area contributed by atoms with Crippen LogP contribution in [0, 0.1) is 24.3 Å². The molecule has 0 saturated heterocycles. The average molecular weight is 2420 g/mol. The number of carbonyl (C=O) groups is 4. The Hall–Kier alpha value is -1.13. The predicted molar refractivity (Wildman–Crippen MR) is 518 cm³/mol. The van der Waals surface area contributed by atoms with Crippen LogP contribution in [0.15, 0.2) is 146 Å². The van der Waals surface area contributed by atoms with Gasteiger partial charge in [0.25, 0.3) is 0 Å². The fourth-order valence-electron chi connectivity index (χ4n) is 11.0. The molecule has 0 aromatic heterocycles. The summed E-state index contributed by atoms with van der Waals surface area (Å²) >= 11 is 0. The maximum absolute atomic E-state index is 10.3. The first-order valence-electron chi connectivity index (χ1n) is 41.1. The van der Waals surface area contributed by atoms with E-state index in [0.717, 1.165) is 21.5 Å². The molecule has 112 heavy (non-hydrogen) atoms. The van der Waals surface area contributed by atoms with Crippen molar-refractivity contribution in [3.05, 3.63) is 192 Å². The molecule has 0 spiro atoms. The van der Waals surface area contributed by atoms with Gasteiger partial charge in [-0.15, -0.1) is 164 Å². The minimum Gasteiger partial charge on any atom is -0.478 e. The molecule has 0 fully saturated rings. The number of rotatable bonds is 28. The monoisotopic (exact) mass is 2420 g/mol. The summed E-state index contributed by atoms with van der Waals surface area (Å²) < 4.78 is 0. The van der Waals surface area contributed by atoms with Crippen LogP contribution in [0.1, 0.15) is 208 Å². The van der Waals surface area contributed by atoms with Gasteiger partial charge in [0.1, 0.15) is 0 Å². The number of fused-ring (bicyclic) bond motifs is 4. The van der Waals surface area contributed by atoms with Crippen molar-refractivity contribution in [1.29, 1.82) is 0 Å². The molecule has 8 aromatic carbocycles. The van der Waals surface area contributed by atoms with Crippen molar-refractivity contribution in [2.75, 3.05) is 148 Å². The topological polar surface area (TPSA) is 149 Å². The van der Waals surface area contributed by atoms with E-state index in [9.17, 15) is 19.2 Å². The maximum Gasteiger partial charge on any atom is 0.335 e. The summed E-state index contributed by atoms with van der Waals surface area (Å²) in [6, 6.07) is 55.8. The summed E-state index contributed by atoms with van der Waals surface area (Å²) in [4.78, 5) is 41.3. The maximum atomic E-state index is 10.3. The zero-order valence-electron chi connectivity index (χ0n) is 73.5. The molecule has 8 nitrogen and oxygen atoms in total. The molecule has 0 amide bonds. The number of hydrogen-bond donors (Lipinski definition) is 4. The van der Waals surface area contributed by atoms with Crippen LogP contribution in [0.25, 0.3) is 43.1 Å². The molecule has 0 heterocycles. The molecule has 648 valence electrons. The van der Waals surface area contributed by atoms with Gasteiger partial charge in [-0.2, -0.15) is 0 Å². The van der Waals surface area contributed by atoms with Gasteiger partial charge in [0.05, 0.1) is 170 Å². The molecule has 0 aliphatic heterocycles. The number of benzene rings is 8. The fourth-order valence-corrected chi connectivity index (χ4v) is 23.0. The van der Waals surface area contributed by atoms with Gasteiger partial charge in [-0.1, -0.05) is 0 Å². The summed E-state index contributed by atoms with van der Waals surface area (Å²) in [6.07, 6.45) is 34.9. The first kappa shape index (κ1) is 126. The van der Waals surface area contributed by atoms with Gasteiger partial charge in [-0.05, 0) is 278 Å². The second kappa shape index (κ2) is 86.3. The van der Waals surface area contributed by atoms with Gasteiger partial charge in [0.2, 0.25) is 0 Å². The van der Waals surface area contributed by atoms with Crippen molar-refractivity contribution in [1.82, 2.24) is 0 Å². The minimum absolute atomic E-state index is 0. The van der Waals surface area contributed by atoms with E-state index >= 15 is 0 Å². The van der Waals surface area contributed by atoms with E-state index in [1.807, 2.05) is 48.5 Å². The molecule has 20 heteroatoms. The zero-order chi connectivity index (χ0) is 82.6.